The summed E-state index contributed by atoms with van der Waals surface area (Å²) in [5.74, 6) is 0. The number of nitrogens with zero attached hydrogens (tertiary/aromatic N) is 2. The third-order valence-electron chi connectivity index (χ3n) is 2.82. The van der Waals surface area contributed by atoms with Crippen LogP contribution in [0.1, 0.15) is 20.8 Å². The molecule has 16 heteroatoms. The third-order valence-corrected chi connectivity index (χ3v) is 2.82. The minimum absolute atomic E-state index is 0.0694. The van der Waals surface area contributed by atoms with Gasteiger partial charge in [0.1, 0.15) is 0 Å². The van der Waals surface area contributed by atoms with Gasteiger partial charge in [0.25, 0.3) is 0 Å². The molecule has 14 nitrogen and oxygen atoms in total. The van der Waals surface area contributed by atoms with Crippen molar-refractivity contribution in [2.24, 2.45) is 0 Å². The lowest BCUT2D eigenvalue weighted by molar-refractivity contribution is 0.0530. The Morgan fingerprint density at radius 3 is 0.839 bits per heavy atom. The maximum absolute atomic E-state index is 9.14. The smallest absolute Gasteiger partial charge is 0.402 e. The molecule has 0 spiro atoms. The minimum Gasteiger partial charge on any atom is -0.402 e. The van der Waals surface area contributed by atoms with Crippen molar-refractivity contribution in [2.75, 3.05) is 59.1 Å². The van der Waals surface area contributed by atoms with E-state index in [1.54, 1.807) is 25.7 Å². The molecule has 0 aliphatic heterocycles. The van der Waals surface area contributed by atoms with Gasteiger partial charge < -0.3 is 60.8 Å². The third kappa shape index (κ3) is 53.1. The van der Waals surface area contributed by atoms with Gasteiger partial charge in [-0.2, -0.15) is 0 Å². The van der Waals surface area contributed by atoms with Gasteiger partial charge in [-0.1, -0.05) is 0 Å². The zero-order valence-corrected chi connectivity index (χ0v) is 18.5. The average Bonchev–Trinajstić information content (AvgIpc) is 2.53. The zero-order valence-electron chi connectivity index (χ0n) is 18.5. The highest BCUT2D eigenvalue weighted by Gasteiger charge is 2.12. The Morgan fingerprint density at radius 2 is 0.710 bits per heavy atom. The van der Waals surface area contributed by atoms with Crippen molar-refractivity contribution in [1.29, 1.82) is 0 Å². The molecule has 0 bridgehead atoms. The standard InChI is InChI=1S/C9H21NO3.C6H15NO3.2BH3O3/c1-7(11)4-10(5-8(2)12)6-9(3)13;8-4-1-7(2-5-9)3-6-10;2*2-1(3)4/h7-9,11-13H,4-6H2,1-3H3;8-10H,1-6H2;2*2-4H. The summed E-state index contributed by atoms with van der Waals surface area (Å²) in [4.78, 5) is 3.64. The van der Waals surface area contributed by atoms with E-state index in [0.29, 0.717) is 39.3 Å². The van der Waals surface area contributed by atoms with E-state index in [4.69, 9.17) is 60.8 Å². The fourth-order valence-electron chi connectivity index (χ4n) is 2.10. The average molecular weight is 464 g/mol. The maximum atomic E-state index is 9.14. The number of aliphatic hydroxyl groups excluding tert-OH is 6. The normalized spacial score (nSPS) is 13.1. The van der Waals surface area contributed by atoms with Gasteiger partial charge in [0.05, 0.1) is 38.1 Å². The van der Waals surface area contributed by atoms with Crippen molar-refractivity contribution in [3.63, 3.8) is 0 Å². The Hall–Kier alpha value is -0.430. The van der Waals surface area contributed by atoms with Gasteiger partial charge in [-0.3, -0.25) is 9.80 Å². The van der Waals surface area contributed by atoms with Crippen LogP contribution in [-0.4, -0.2) is 163 Å². The second-order valence-electron chi connectivity index (χ2n) is 6.47. The van der Waals surface area contributed by atoms with Crippen molar-refractivity contribution in [1.82, 2.24) is 9.80 Å². The highest BCUT2D eigenvalue weighted by Crippen LogP contribution is 1.97. The zero-order chi connectivity index (χ0) is 25.4. The summed E-state index contributed by atoms with van der Waals surface area (Å²) >= 11 is 0. The summed E-state index contributed by atoms with van der Waals surface area (Å²) in [6, 6.07) is 0. The van der Waals surface area contributed by atoms with E-state index in [0.717, 1.165) is 0 Å². The van der Waals surface area contributed by atoms with Gasteiger partial charge in [-0.05, 0) is 20.8 Å². The Bertz CT molecular complexity index is 283. The van der Waals surface area contributed by atoms with Gasteiger partial charge in [0, 0.05) is 39.3 Å². The van der Waals surface area contributed by atoms with Crippen LogP contribution in [0.25, 0.3) is 0 Å². The number of hydrogen-bond donors (Lipinski definition) is 12. The number of aliphatic hydroxyl groups is 6. The predicted molar refractivity (Wildman–Crippen MR) is 114 cm³/mol. The first-order valence-corrected chi connectivity index (χ1v) is 9.63. The summed E-state index contributed by atoms with van der Waals surface area (Å²) < 4.78 is 0. The Morgan fingerprint density at radius 1 is 0.516 bits per heavy atom. The molecule has 0 aliphatic rings. The molecule has 0 aromatic rings. The van der Waals surface area contributed by atoms with Crippen molar-refractivity contribution in [3.05, 3.63) is 0 Å². The fourth-order valence-corrected chi connectivity index (χ4v) is 2.10. The van der Waals surface area contributed by atoms with Crippen molar-refractivity contribution >= 4 is 14.6 Å². The van der Waals surface area contributed by atoms with E-state index in [1.807, 2.05) is 4.90 Å². The molecule has 0 aliphatic carbocycles. The molecule has 0 heterocycles. The molecule has 0 saturated heterocycles. The Kier molecular flexibility index (Phi) is 33.7. The van der Waals surface area contributed by atoms with Crippen LogP contribution < -0.4 is 0 Å². The maximum Gasteiger partial charge on any atom is 0.631 e. The number of hydrogen-bond acceptors (Lipinski definition) is 14. The first-order valence-electron chi connectivity index (χ1n) is 9.63. The molecular weight excluding hydrogens is 422 g/mol. The second-order valence-corrected chi connectivity index (χ2v) is 6.47. The van der Waals surface area contributed by atoms with Crippen LogP contribution in [0.3, 0.4) is 0 Å². The molecule has 0 saturated carbocycles. The molecule has 0 aromatic carbocycles. The van der Waals surface area contributed by atoms with E-state index in [-0.39, 0.29) is 19.8 Å². The van der Waals surface area contributed by atoms with Gasteiger partial charge in [-0.25, -0.2) is 0 Å². The Labute approximate surface area is 184 Å². The second kappa shape index (κ2) is 27.6. The van der Waals surface area contributed by atoms with E-state index >= 15 is 0 Å². The first-order chi connectivity index (χ1) is 14.2. The molecule has 31 heavy (non-hydrogen) atoms. The highest BCUT2D eigenvalue weighted by atomic mass is 16.5. The lowest BCUT2D eigenvalue weighted by Crippen LogP contribution is -2.40. The lowest BCUT2D eigenvalue weighted by atomic mass is 10.2. The van der Waals surface area contributed by atoms with Crippen LogP contribution in [0.4, 0.5) is 0 Å². The summed E-state index contributed by atoms with van der Waals surface area (Å²) in [6.45, 7) is 8.27. The van der Waals surface area contributed by atoms with Crippen molar-refractivity contribution in [2.45, 2.75) is 39.1 Å². The van der Waals surface area contributed by atoms with Gasteiger partial charge in [0.2, 0.25) is 0 Å². The van der Waals surface area contributed by atoms with Crippen LogP contribution in [0.2, 0.25) is 0 Å². The largest absolute Gasteiger partial charge is 0.631 e. The molecule has 12 N–H and O–H groups in total. The highest BCUT2D eigenvalue weighted by molar-refractivity contribution is 6.30. The topological polar surface area (TPSA) is 249 Å². The van der Waals surface area contributed by atoms with Crippen LogP contribution >= 0.6 is 0 Å². The molecule has 3 atom stereocenters. The van der Waals surface area contributed by atoms with Gasteiger partial charge in [-0.15, -0.1) is 0 Å². The van der Waals surface area contributed by atoms with E-state index < -0.39 is 33.0 Å². The molecule has 0 amide bonds. The van der Waals surface area contributed by atoms with Crippen molar-refractivity contribution < 1.29 is 60.8 Å². The molecule has 0 rings (SSSR count). The molecule has 3 unspecified atom stereocenters. The molecule has 0 fully saturated rings. The van der Waals surface area contributed by atoms with Gasteiger partial charge >= 0.3 is 14.6 Å². The summed E-state index contributed by atoms with van der Waals surface area (Å²) in [6.07, 6.45) is -1.30. The molecule has 190 valence electrons. The summed E-state index contributed by atoms with van der Waals surface area (Å²) in [5, 5.41) is 95.9. The Balaban J connectivity index is -0.000000178. The van der Waals surface area contributed by atoms with Crippen LogP contribution in [0, 0.1) is 0 Å². The first kappa shape index (κ1) is 37.9. The molecule has 0 radical (unpaired) electrons. The monoisotopic (exact) mass is 464 g/mol. The quantitative estimate of drug-likeness (QED) is 0.120. The van der Waals surface area contributed by atoms with E-state index in [1.165, 1.54) is 0 Å². The number of rotatable bonds is 12. The van der Waals surface area contributed by atoms with E-state index in [2.05, 4.69) is 0 Å². The molecular formula is C15H42B2N2O12. The van der Waals surface area contributed by atoms with Gasteiger partial charge in [0.15, 0.2) is 0 Å². The van der Waals surface area contributed by atoms with E-state index in [9.17, 15) is 0 Å². The summed E-state index contributed by atoms with van der Waals surface area (Å²) in [7, 11) is -4.33. The lowest BCUT2D eigenvalue weighted by Gasteiger charge is -2.25. The van der Waals surface area contributed by atoms with Crippen molar-refractivity contribution in [3.8, 4) is 0 Å². The minimum atomic E-state index is -2.17. The summed E-state index contributed by atoms with van der Waals surface area (Å²) in [5.41, 5.74) is 0. The fraction of sp³-hybridized carbons (Fsp3) is 1.00. The van der Waals surface area contributed by atoms with Crippen LogP contribution in [-0.2, 0) is 0 Å². The van der Waals surface area contributed by atoms with Crippen LogP contribution in [0.5, 0.6) is 0 Å². The molecule has 0 aromatic heterocycles. The predicted octanol–water partition coefficient (Wildman–Crippen LogP) is -6.41. The van der Waals surface area contributed by atoms with Crippen LogP contribution in [0.15, 0.2) is 0 Å². The SMILES string of the molecule is CC(O)CN(CC(C)O)CC(C)O.OB(O)O.OB(O)O.OCCN(CCO)CCO.